The van der Waals surface area contributed by atoms with Crippen LogP contribution in [0, 0.1) is 0 Å². The monoisotopic (exact) mass is 323 g/mol. The average molecular weight is 324 g/mol. The van der Waals surface area contributed by atoms with E-state index in [4.69, 9.17) is 27.9 Å². The Morgan fingerprint density at radius 2 is 1.76 bits per heavy atom. The molecule has 0 saturated carbocycles. The normalized spacial score (nSPS) is 10.5. The predicted octanol–water partition coefficient (Wildman–Crippen LogP) is 5.03. The van der Waals surface area contributed by atoms with E-state index < -0.39 is 0 Å². The van der Waals surface area contributed by atoms with Crippen molar-refractivity contribution in [2.45, 2.75) is 20.0 Å². The van der Waals surface area contributed by atoms with Crippen LogP contribution >= 0.6 is 23.2 Å². The van der Waals surface area contributed by atoms with Crippen LogP contribution in [0.4, 0.5) is 5.69 Å². The summed E-state index contributed by atoms with van der Waals surface area (Å²) in [5.74, 6) is 0.407. The van der Waals surface area contributed by atoms with Gasteiger partial charge in [0.1, 0.15) is 5.75 Å². The fourth-order valence-corrected chi connectivity index (χ4v) is 2.34. The molecule has 0 aliphatic carbocycles. The number of nitrogens with one attached hydrogen (secondary N) is 1. The molecule has 5 heteroatoms. The van der Waals surface area contributed by atoms with Crippen molar-refractivity contribution in [3.05, 3.63) is 58.1 Å². The topological polar surface area (TPSA) is 38.3 Å². The zero-order chi connectivity index (χ0) is 15.4. The first-order valence-corrected chi connectivity index (χ1v) is 7.24. The lowest BCUT2D eigenvalue weighted by atomic mass is 10.2. The van der Waals surface area contributed by atoms with Gasteiger partial charge in [0.05, 0.1) is 6.10 Å². The Balaban J connectivity index is 2.16. The van der Waals surface area contributed by atoms with E-state index in [1.807, 2.05) is 19.9 Å². The molecule has 0 atom stereocenters. The van der Waals surface area contributed by atoms with Crippen molar-refractivity contribution in [3.8, 4) is 5.75 Å². The van der Waals surface area contributed by atoms with Gasteiger partial charge < -0.3 is 10.1 Å². The number of halogens is 2. The summed E-state index contributed by atoms with van der Waals surface area (Å²) in [6.45, 7) is 3.86. The summed E-state index contributed by atoms with van der Waals surface area (Å²) in [5, 5.41) is 3.69. The molecule has 0 aliphatic rings. The number of ether oxygens (including phenoxy) is 1. The van der Waals surface area contributed by atoms with Crippen LogP contribution in [-0.4, -0.2) is 12.0 Å². The van der Waals surface area contributed by atoms with E-state index >= 15 is 0 Å². The molecule has 0 bridgehead atoms. The number of benzene rings is 2. The van der Waals surface area contributed by atoms with Crippen molar-refractivity contribution in [2.75, 3.05) is 5.32 Å². The number of hydrogen-bond donors (Lipinski definition) is 1. The minimum atomic E-state index is -0.248. The number of hydrogen-bond acceptors (Lipinski definition) is 2. The van der Waals surface area contributed by atoms with E-state index in [9.17, 15) is 4.79 Å². The summed E-state index contributed by atoms with van der Waals surface area (Å²) < 4.78 is 5.57. The fourth-order valence-electron chi connectivity index (χ4n) is 1.81. The molecule has 0 fully saturated rings. The second-order valence-electron chi connectivity index (χ2n) is 4.81. The standard InChI is InChI=1S/C16H15Cl2NO2/c1-10(2)21-15-5-3-4-11(6-15)16(20)19-14-8-12(17)7-13(18)9-14/h3-10H,1-2H3,(H,19,20). The van der Waals surface area contributed by atoms with E-state index in [0.717, 1.165) is 0 Å². The summed E-state index contributed by atoms with van der Waals surface area (Å²) in [5.41, 5.74) is 1.05. The third kappa shape index (κ3) is 4.66. The molecule has 0 saturated heterocycles. The number of carbonyl (C=O) groups excluding carboxylic acids is 1. The fraction of sp³-hybridized carbons (Fsp3) is 0.188. The second-order valence-corrected chi connectivity index (χ2v) is 5.68. The van der Waals surface area contributed by atoms with E-state index in [0.29, 0.717) is 27.0 Å². The largest absolute Gasteiger partial charge is 0.491 e. The van der Waals surface area contributed by atoms with Crippen LogP contribution in [0.3, 0.4) is 0 Å². The van der Waals surface area contributed by atoms with E-state index in [-0.39, 0.29) is 12.0 Å². The van der Waals surface area contributed by atoms with Crippen LogP contribution < -0.4 is 10.1 Å². The highest BCUT2D eigenvalue weighted by Crippen LogP contribution is 2.23. The van der Waals surface area contributed by atoms with Crippen molar-refractivity contribution in [1.29, 1.82) is 0 Å². The van der Waals surface area contributed by atoms with Gasteiger partial charge in [0.15, 0.2) is 0 Å². The number of amides is 1. The van der Waals surface area contributed by atoms with Crippen molar-refractivity contribution >= 4 is 34.8 Å². The Bertz CT molecular complexity index is 636. The Morgan fingerprint density at radius 3 is 2.38 bits per heavy atom. The lowest BCUT2D eigenvalue weighted by Crippen LogP contribution is -2.12. The summed E-state index contributed by atoms with van der Waals surface area (Å²) in [6, 6.07) is 11.9. The number of carbonyl (C=O) groups is 1. The molecule has 2 rings (SSSR count). The van der Waals surface area contributed by atoms with Gasteiger partial charge in [0.25, 0.3) is 5.91 Å². The van der Waals surface area contributed by atoms with E-state index in [1.54, 1.807) is 36.4 Å². The molecule has 2 aromatic carbocycles. The quantitative estimate of drug-likeness (QED) is 0.856. The average Bonchev–Trinajstić information content (AvgIpc) is 2.36. The summed E-state index contributed by atoms with van der Waals surface area (Å²) in [4.78, 5) is 12.2. The second kappa shape index (κ2) is 6.83. The first-order valence-electron chi connectivity index (χ1n) is 6.48. The molecule has 0 aromatic heterocycles. The van der Waals surface area contributed by atoms with E-state index in [2.05, 4.69) is 5.32 Å². The number of anilines is 1. The maximum absolute atomic E-state index is 12.2. The van der Waals surface area contributed by atoms with Gasteiger partial charge in [0, 0.05) is 21.3 Å². The van der Waals surface area contributed by atoms with Crippen LogP contribution in [0.2, 0.25) is 10.0 Å². The molecule has 1 amide bonds. The highest BCUT2D eigenvalue weighted by atomic mass is 35.5. The molecule has 0 heterocycles. The van der Waals surface area contributed by atoms with E-state index in [1.165, 1.54) is 0 Å². The summed E-state index contributed by atoms with van der Waals surface area (Å²) >= 11 is 11.8. The molecule has 0 radical (unpaired) electrons. The molecule has 0 spiro atoms. The van der Waals surface area contributed by atoms with Crippen molar-refractivity contribution < 1.29 is 9.53 Å². The van der Waals surface area contributed by atoms with Gasteiger partial charge in [-0.05, 0) is 50.2 Å². The third-order valence-corrected chi connectivity index (χ3v) is 3.02. The summed E-state index contributed by atoms with van der Waals surface area (Å²) in [7, 11) is 0. The smallest absolute Gasteiger partial charge is 0.255 e. The van der Waals surface area contributed by atoms with Gasteiger partial charge in [-0.25, -0.2) is 0 Å². The van der Waals surface area contributed by atoms with Gasteiger partial charge >= 0.3 is 0 Å². The zero-order valence-corrected chi connectivity index (χ0v) is 13.2. The Kier molecular flexibility index (Phi) is 5.10. The maximum atomic E-state index is 12.2. The number of rotatable bonds is 4. The van der Waals surface area contributed by atoms with Crippen molar-refractivity contribution in [3.63, 3.8) is 0 Å². The van der Waals surface area contributed by atoms with Gasteiger partial charge in [-0.2, -0.15) is 0 Å². The summed E-state index contributed by atoms with van der Waals surface area (Å²) in [6.07, 6.45) is 0.0510. The lowest BCUT2D eigenvalue weighted by Gasteiger charge is -2.11. The van der Waals surface area contributed by atoms with Crippen LogP contribution in [0.1, 0.15) is 24.2 Å². The molecule has 2 aromatic rings. The van der Waals surface area contributed by atoms with Crippen LogP contribution in [0.25, 0.3) is 0 Å². The molecule has 0 unspecified atom stereocenters. The van der Waals surface area contributed by atoms with Crippen molar-refractivity contribution in [2.24, 2.45) is 0 Å². The van der Waals surface area contributed by atoms with Gasteiger partial charge in [-0.1, -0.05) is 29.3 Å². The van der Waals surface area contributed by atoms with Gasteiger partial charge in [0.2, 0.25) is 0 Å². The predicted molar refractivity (Wildman–Crippen MR) is 86.6 cm³/mol. The first kappa shape index (κ1) is 15.7. The van der Waals surface area contributed by atoms with Crippen LogP contribution in [-0.2, 0) is 0 Å². The first-order chi connectivity index (χ1) is 9.94. The molecule has 1 N–H and O–H groups in total. The van der Waals surface area contributed by atoms with Gasteiger partial charge in [-0.15, -0.1) is 0 Å². The SMILES string of the molecule is CC(C)Oc1cccc(C(=O)Nc2cc(Cl)cc(Cl)c2)c1. The highest BCUT2D eigenvalue weighted by Gasteiger charge is 2.09. The Hall–Kier alpha value is -1.71. The molecular formula is C16H15Cl2NO2. The molecular weight excluding hydrogens is 309 g/mol. The van der Waals surface area contributed by atoms with Crippen LogP contribution in [0.5, 0.6) is 5.75 Å². The minimum absolute atomic E-state index is 0.0510. The van der Waals surface area contributed by atoms with Crippen LogP contribution in [0.15, 0.2) is 42.5 Å². The highest BCUT2D eigenvalue weighted by molar-refractivity contribution is 6.35. The zero-order valence-electron chi connectivity index (χ0n) is 11.7. The Morgan fingerprint density at radius 1 is 1.10 bits per heavy atom. The lowest BCUT2D eigenvalue weighted by molar-refractivity contribution is 0.102. The maximum Gasteiger partial charge on any atom is 0.255 e. The molecule has 21 heavy (non-hydrogen) atoms. The Labute approximate surface area is 133 Å². The molecule has 0 aliphatic heterocycles. The molecule has 110 valence electrons. The minimum Gasteiger partial charge on any atom is -0.491 e. The van der Waals surface area contributed by atoms with Gasteiger partial charge in [-0.3, -0.25) is 4.79 Å². The third-order valence-electron chi connectivity index (χ3n) is 2.59. The molecule has 3 nitrogen and oxygen atoms in total. The van der Waals surface area contributed by atoms with Crippen molar-refractivity contribution in [1.82, 2.24) is 0 Å².